The number of nitrogens with one attached hydrogen (secondary N) is 1. The molecular formula is C11H13ClFNO. The molecular weight excluding hydrogens is 217 g/mol. The van der Waals surface area contributed by atoms with E-state index in [-0.39, 0.29) is 16.9 Å². The molecule has 0 aromatic heterocycles. The number of hydrogen-bond donors (Lipinski definition) is 1. The third-order valence-electron chi connectivity index (χ3n) is 2.60. The fourth-order valence-electron chi connectivity index (χ4n) is 1.81. The van der Waals surface area contributed by atoms with E-state index in [2.05, 4.69) is 5.32 Å². The fourth-order valence-corrected chi connectivity index (χ4v) is 1.97. The van der Waals surface area contributed by atoms with Gasteiger partial charge in [-0.1, -0.05) is 17.7 Å². The van der Waals surface area contributed by atoms with Gasteiger partial charge in [0.15, 0.2) is 0 Å². The van der Waals surface area contributed by atoms with Crippen LogP contribution >= 0.6 is 11.6 Å². The smallest absolute Gasteiger partial charge is 0.147 e. The third kappa shape index (κ3) is 2.14. The van der Waals surface area contributed by atoms with Crippen LogP contribution in [0.5, 0.6) is 0 Å². The number of rotatable bonds is 1. The van der Waals surface area contributed by atoms with E-state index < -0.39 is 0 Å². The van der Waals surface area contributed by atoms with Gasteiger partial charge in [0, 0.05) is 18.7 Å². The maximum absolute atomic E-state index is 13.8. The summed E-state index contributed by atoms with van der Waals surface area (Å²) in [5, 5.41) is 3.33. The molecule has 0 amide bonds. The van der Waals surface area contributed by atoms with Crippen LogP contribution in [0.4, 0.5) is 4.39 Å². The van der Waals surface area contributed by atoms with Crippen molar-refractivity contribution >= 4 is 11.6 Å². The number of hydrogen-bond acceptors (Lipinski definition) is 2. The fraction of sp³-hybridized carbons (Fsp3) is 0.455. The first-order valence-electron chi connectivity index (χ1n) is 4.97. The van der Waals surface area contributed by atoms with Gasteiger partial charge in [0.05, 0.1) is 17.7 Å². The highest BCUT2D eigenvalue weighted by Gasteiger charge is 2.22. The topological polar surface area (TPSA) is 21.3 Å². The SMILES string of the molecule is Cc1ccc(Cl)c(F)c1C1CNCCO1. The Labute approximate surface area is 93.4 Å². The van der Waals surface area contributed by atoms with Gasteiger partial charge in [-0.3, -0.25) is 0 Å². The summed E-state index contributed by atoms with van der Waals surface area (Å²) < 4.78 is 19.3. The second-order valence-corrected chi connectivity index (χ2v) is 4.06. The molecule has 1 aromatic rings. The molecule has 1 fully saturated rings. The predicted octanol–water partition coefficient (Wildman–Crippen LogP) is 2.45. The van der Waals surface area contributed by atoms with Gasteiger partial charge in [0.2, 0.25) is 0 Å². The standard InChI is InChI=1S/C11H13ClFNO/c1-7-2-3-8(12)11(13)10(7)9-6-14-4-5-15-9/h2-3,9,14H,4-6H2,1H3. The van der Waals surface area contributed by atoms with Crippen LogP contribution < -0.4 is 5.32 Å². The molecule has 0 bridgehead atoms. The molecule has 2 rings (SSSR count). The average Bonchev–Trinajstić information content (AvgIpc) is 2.26. The molecule has 1 aliphatic heterocycles. The van der Waals surface area contributed by atoms with Gasteiger partial charge < -0.3 is 10.1 Å². The number of halogens is 2. The molecule has 2 nitrogen and oxygen atoms in total. The lowest BCUT2D eigenvalue weighted by Crippen LogP contribution is -2.34. The number of ether oxygens (including phenoxy) is 1. The third-order valence-corrected chi connectivity index (χ3v) is 2.89. The molecule has 0 aliphatic carbocycles. The zero-order valence-electron chi connectivity index (χ0n) is 8.52. The van der Waals surface area contributed by atoms with Crippen molar-refractivity contribution in [2.45, 2.75) is 13.0 Å². The van der Waals surface area contributed by atoms with Crippen LogP contribution in [0.1, 0.15) is 17.2 Å². The zero-order valence-corrected chi connectivity index (χ0v) is 9.27. The molecule has 82 valence electrons. The first kappa shape index (κ1) is 10.9. The Hall–Kier alpha value is -0.640. The van der Waals surface area contributed by atoms with Crippen molar-refractivity contribution in [2.24, 2.45) is 0 Å². The van der Waals surface area contributed by atoms with E-state index in [1.54, 1.807) is 6.07 Å². The van der Waals surface area contributed by atoms with Crippen LogP contribution in [-0.4, -0.2) is 19.7 Å². The summed E-state index contributed by atoms with van der Waals surface area (Å²) >= 11 is 5.75. The summed E-state index contributed by atoms with van der Waals surface area (Å²) in [6, 6.07) is 3.39. The Kier molecular flexibility index (Phi) is 3.24. The van der Waals surface area contributed by atoms with Gasteiger partial charge in [0.25, 0.3) is 0 Å². The molecule has 0 saturated carbocycles. The minimum atomic E-state index is -0.356. The summed E-state index contributed by atoms with van der Waals surface area (Å²) in [7, 11) is 0. The van der Waals surface area contributed by atoms with E-state index in [9.17, 15) is 4.39 Å². The molecule has 0 radical (unpaired) electrons. The highest BCUT2D eigenvalue weighted by atomic mass is 35.5. The number of benzene rings is 1. The molecule has 1 saturated heterocycles. The Morgan fingerprint density at radius 1 is 1.53 bits per heavy atom. The zero-order chi connectivity index (χ0) is 10.8. The van der Waals surface area contributed by atoms with Crippen molar-refractivity contribution in [2.75, 3.05) is 19.7 Å². The summed E-state index contributed by atoms with van der Waals surface area (Å²) in [6.45, 7) is 3.93. The van der Waals surface area contributed by atoms with Gasteiger partial charge in [-0.15, -0.1) is 0 Å². The molecule has 4 heteroatoms. The summed E-state index contributed by atoms with van der Waals surface area (Å²) in [5.41, 5.74) is 1.46. The van der Waals surface area contributed by atoms with Crippen molar-refractivity contribution in [1.82, 2.24) is 5.32 Å². The Morgan fingerprint density at radius 2 is 2.33 bits per heavy atom. The summed E-state index contributed by atoms with van der Waals surface area (Å²) in [6.07, 6.45) is -0.225. The van der Waals surface area contributed by atoms with Crippen LogP contribution in [0.3, 0.4) is 0 Å². The number of morpholine rings is 1. The quantitative estimate of drug-likeness (QED) is 0.799. The molecule has 1 aromatic carbocycles. The second-order valence-electron chi connectivity index (χ2n) is 3.66. The number of aryl methyl sites for hydroxylation is 1. The monoisotopic (exact) mass is 229 g/mol. The lowest BCUT2D eigenvalue weighted by Gasteiger charge is -2.25. The normalized spacial score (nSPS) is 21.7. The lowest BCUT2D eigenvalue weighted by atomic mass is 10.0. The van der Waals surface area contributed by atoms with Crippen molar-refractivity contribution < 1.29 is 9.13 Å². The van der Waals surface area contributed by atoms with Gasteiger partial charge in [-0.25, -0.2) is 4.39 Å². The van der Waals surface area contributed by atoms with Crippen molar-refractivity contribution in [1.29, 1.82) is 0 Å². The predicted molar refractivity (Wildman–Crippen MR) is 57.7 cm³/mol. The van der Waals surface area contributed by atoms with E-state index in [0.29, 0.717) is 18.7 Å². The van der Waals surface area contributed by atoms with Gasteiger partial charge in [-0.05, 0) is 18.6 Å². The van der Waals surface area contributed by atoms with Gasteiger partial charge in [-0.2, -0.15) is 0 Å². The highest BCUT2D eigenvalue weighted by molar-refractivity contribution is 6.30. The minimum Gasteiger partial charge on any atom is -0.371 e. The van der Waals surface area contributed by atoms with E-state index in [1.807, 2.05) is 13.0 Å². The van der Waals surface area contributed by atoms with Crippen molar-refractivity contribution in [3.63, 3.8) is 0 Å². The van der Waals surface area contributed by atoms with Crippen LogP contribution in [0.2, 0.25) is 5.02 Å². The molecule has 1 aliphatic rings. The van der Waals surface area contributed by atoms with Crippen LogP contribution in [-0.2, 0) is 4.74 Å². The molecule has 0 spiro atoms. The first-order valence-corrected chi connectivity index (χ1v) is 5.35. The summed E-state index contributed by atoms with van der Waals surface area (Å²) in [4.78, 5) is 0. The van der Waals surface area contributed by atoms with Crippen LogP contribution in [0.25, 0.3) is 0 Å². The maximum atomic E-state index is 13.8. The van der Waals surface area contributed by atoms with E-state index in [0.717, 1.165) is 12.1 Å². The van der Waals surface area contributed by atoms with Crippen LogP contribution in [0, 0.1) is 12.7 Å². The van der Waals surface area contributed by atoms with Gasteiger partial charge in [0.1, 0.15) is 5.82 Å². The molecule has 1 atom stereocenters. The Balaban J connectivity index is 2.36. The first-order chi connectivity index (χ1) is 7.20. The lowest BCUT2D eigenvalue weighted by molar-refractivity contribution is 0.0251. The largest absolute Gasteiger partial charge is 0.371 e. The Bertz CT molecular complexity index is 364. The van der Waals surface area contributed by atoms with E-state index in [1.165, 1.54) is 0 Å². The minimum absolute atomic E-state index is 0.157. The van der Waals surface area contributed by atoms with Gasteiger partial charge >= 0.3 is 0 Å². The molecule has 1 unspecified atom stereocenters. The average molecular weight is 230 g/mol. The maximum Gasteiger partial charge on any atom is 0.147 e. The van der Waals surface area contributed by atoms with E-state index >= 15 is 0 Å². The molecule has 1 N–H and O–H groups in total. The molecule has 15 heavy (non-hydrogen) atoms. The van der Waals surface area contributed by atoms with Crippen molar-refractivity contribution in [3.8, 4) is 0 Å². The van der Waals surface area contributed by atoms with E-state index in [4.69, 9.17) is 16.3 Å². The summed E-state index contributed by atoms with van der Waals surface area (Å²) in [5.74, 6) is -0.356. The molecule has 1 heterocycles. The van der Waals surface area contributed by atoms with Crippen molar-refractivity contribution in [3.05, 3.63) is 34.1 Å². The van der Waals surface area contributed by atoms with Crippen LogP contribution in [0.15, 0.2) is 12.1 Å². The second kappa shape index (κ2) is 4.47. The highest BCUT2D eigenvalue weighted by Crippen LogP contribution is 2.29. The Morgan fingerprint density at radius 3 is 3.00 bits per heavy atom.